The fourth-order valence-corrected chi connectivity index (χ4v) is 2.71. The standard InChI is InChI=1S/C12H16N2O3S/c1-3-17-7-6-14-18(15,16)12-8-11(9-13)5-4-10(12)2/h4-5,8,14H,3,6-7H2,1-2H3. The maximum atomic E-state index is 12.0. The summed E-state index contributed by atoms with van der Waals surface area (Å²) in [5.74, 6) is 0. The minimum atomic E-state index is -3.59. The van der Waals surface area contributed by atoms with E-state index >= 15 is 0 Å². The Kier molecular flexibility index (Phi) is 5.28. The molecule has 0 aliphatic heterocycles. The van der Waals surface area contributed by atoms with Gasteiger partial charge < -0.3 is 4.74 Å². The van der Waals surface area contributed by atoms with E-state index in [-0.39, 0.29) is 11.4 Å². The van der Waals surface area contributed by atoms with E-state index in [2.05, 4.69) is 4.72 Å². The number of nitrogens with one attached hydrogen (secondary N) is 1. The molecule has 1 N–H and O–H groups in total. The van der Waals surface area contributed by atoms with Crippen molar-refractivity contribution < 1.29 is 13.2 Å². The van der Waals surface area contributed by atoms with Gasteiger partial charge in [-0.2, -0.15) is 5.26 Å². The molecule has 0 fully saturated rings. The van der Waals surface area contributed by atoms with Gasteiger partial charge in [0.25, 0.3) is 0 Å². The Morgan fingerprint density at radius 1 is 1.44 bits per heavy atom. The lowest BCUT2D eigenvalue weighted by Gasteiger charge is -2.09. The minimum absolute atomic E-state index is 0.137. The molecule has 0 radical (unpaired) electrons. The molecule has 0 unspecified atom stereocenters. The van der Waals surface area contributed by atoms with Crippen molar-refractivity contribution in [2.24, 2.45) is 0 Å². The Morgan fingerprint density at radius 3 is 2.78 bits per heavy atom. The summed E-state index contributed by atoms with van der Waals surface area (Å²) in [7, 11) is -3.59. The monoisotopic (exact) mass is 268 g/mol. The highest BCUT2D eigenvalue weighted by molar-refractivity contribution is 7.89. The van der Waals surface area contributed by atoms with Gasteiger partial charge in [0.05, 0.1) is 23.1 Å². The number of hydrogen-bond acceptors (Lipinski definition) is 4. The second kappa shape index (κ2) is 6.50. The molecule has 0 heterocycles. The van der Waals surface area contributed by atoms with Gasteiger partial charge in [-0.1, -0.05) is 6.07 Å². The largest absolute Gasteiger partial charge is 0.380 e. The highest BCUT2D eigenvalue weighted by Crippen LogP contribution is 2.16. The Balaban J connectivity index is 2.88. The van der Waals surface area contributed by atoms with Crippen LogP contribution in [0.5, 0.6) is 0 Å². The molecule has 0 saturated heterocycles. The molecule has 0 aromatic heterocycles. The first-order valence-electron chi connectivity index (χ1n) is 5.59. The zero-order chi connectivity index (χ0) is 13.6. The first-order chi connectivity index (χ1) is 8.51. The van der Waals surface area contributed by atoms with Crippen molar-refractivity contribution in [3.63, 3.8) is 0 Å². The second-order valence-electron chi connectivity index (χ2n) is 3.69. The molecule has 18 heavy (non-hydrogen) atoms. The molecule has 0 aliphatic carbocycles. The van der Waals surface area contributed by atoms with Crippen LogP contribution in [0.3, 0.4) is 0 Å². The fourth-order valence-electron chi connectivity index (χ4n) is 1.43. The number of sulfonamides is 1. The molecule has 98 valence electrons. The van der Waals surface area contributed by atoms with Crippen LogP contribution >= 0.6 is 0 Å². The number of rotatable bonds is 6. The number of nitrogens with zero attached hydrogens (tertiary/aromatic N) is 1. The van der Waals surface area contributed by atoms with Crippen LogP contribution in [0.25, 0.3) is 0 Å². The number of benzene rings is 1. The summed E-state index contributed by atoms with van der Waals surface area (Å²) >= 11 is 0. The summed E-state index contributed by atoms with van der Waals surface area (Å²) < 4.78 is 31.5. The van der Waals surface area contributed by atoms with Crippen LogP contribution in [0.15, 0.2) is 23.1 Å². The van der Waals surface area contributed by atoms with Gasteiger partial charge in [0.1, 0.15) is 0 Å². The highest BCUT2D eigenvalue weighted by Gasteiger charge is 2.16. The topological polar surface area (TPSA) is 79.2 Å². The quantitative estimate of drug-likeness (QED) is 0.786. The van der Waals surface area contributed by atoms with Crippen molar-refractivity contribution in [1.82, 2.24) is 4.72 Å². The Morgan fingerprint density at radius 2 is 2.17 bits per heavy atom. The average Bonchev–Trinajstić information content (AvgIpc) is 2.35. The van der Waals surface area contributed by atoms with Crippen LogP contribution in [-0.4, -0.2) is 28.2 Å². The van der Waals surface area contributed by atoms with Crippen molar-refractivity contribution >= 4 is 10.0 Å². The molecule has 1 aromatic rings. The van der Waals surface area contributed by atoms with E-state index in [1.807, 2.05) is 13.0 Å². The molecule has 0 atom stereocenters. The number of hydrogen-bond donors (Lipinski definition) is 1. The summed E-state index contributed by atoms with van der Waals surface area (Å²) in [5, 5.41) is 8.78. The Bertz CT molecular complexity index is 547. The van der Waals surface area contributed by atoms with Crippen LogP contribution in [-0.2, 0) is 14.8 Å². The van der Waals surface area contributed by atoms with Crippen molar-refractivity contribution in [2.75, 3.05) is 19.8 Å². The SMILES string of the molecule is CCOCCNS(=O)(=O)c1cc(C#N)ccc1C. The summed E-state index contributed by atoms with van der Waals surface area (Å²) in [6, 6.07) is 6.51. The number of nitriles is 1. The number of ether oxygens (including phenoxy) is 1. The molecule has 6 heteroatoms. The van der Waals surface area contributed by atoms with E-state index in [0.29, 0.717) is 24.3 Å². The smallest absolute Gasteiger partial charge is 0.240 e. The van der Waals surface area contributed by atoms with Crippen molar-refractivity contribution in [2.45, 2.75) is 18.7 Å². The molecule has 0 spiro atoms. The number of aryl methyl sites for hydroxylation is 1. The van der Waals surface area contributed by atoms with E-state index in [4.69, 9.17) is 10.00 Å². The van der Waals surface area contributed by atoms with E-state index in [0.717, 1.165) is 0 Å². The first kappa shape index (κ1) is 14.6. The van der Waals surface area contributed by atoms with Crippen molar-refractivity contribution in [3.05, 3.63) is 29.3 Å². The second-order valence-corrected chi connectivity index (χ2v) is 5.42. The van der Waals surface area contributed by atoms with Gasteiger partial charge in [-0.25, -0.2) is 13.1 Å². The normalized spacial score (nSPS) is 11.2. The van der Waals surface area contributed by atoms with Crippen LogP contribution in [0, 0.1) is 18.3 Å². The maximum Gasteiger partial charge on any atom is 0.240 e. The van der Waals surface area contributed by atoms with E-state index in [1.165, 1.54) is 6.07 Å². The molecular formula is C12H16N2O3S. The molecule has 5 nitrogen and oxygen atoms in total. The van der Waals surface area contributed by atoms with Crippen LogP contribution in [0.1, 0.15) is 18.1 Å². The molecule has 0 aliphatic rings. The van der Waals surface area contributed by atoms with Gasteiger partial charge in [0.15, 0.2) is 0 Å². The molecule has 1 rings (SSSR count). The maximum absolute atomic E-state index is 12.0. The van der Waals surface area contributed by atoms with Gasteiger partial charge in [-0.05, 0) is 31.5 Å². The van der Waals surface area contributed by atoms with Crippen LogP contribution in [0.4, 0.5) is 0 Å². The van der Waals surface area contributed by atoms with Crippen LogP contribution in [0.2, 0.25) is 0 Å². The predicted octanol–water partition coefficient (Wildman–Crippen LogP) is 1.18. The zero-order valence-electron chi connectivity index (χ0n) is 10.4. The van der Waals surface area contributed by atoms with Gasteiger partial charge in [-0.15, -0.1) is 0 Å². The first-order valence-corrected chi connectivity index (χ1v) is 7.07. The third kappa shape index (κ3) is 3.81. The lowest BCUT2D eigenvalue weighted by Crippen LogP contribution is -2.28. The summed E-state index contributed by atoms with van der Waals surface area (Å²) in [6.45, 7) is 4.62. The van der Waals surface area contributed by atoms with E-state index < -0.39 is 10.0 Å². The third-order valence-electron chi connectivity index (χ3n) is 2.35. The Hall–Kier alpha value is -1.42. The molecule has 1 aromatic carbocycles. The lowest BCUT2D eigenvalue weighted by molar-refractivity contribution is 0.153. The predicted molar refractivity (Wildman–Crippen MR) is 67.6 cm³/mol. The highest BCUT2D eigenvalue weighted by atomic mass is 32.2. The van der Waals surface area contributed by atoms with Gasteiger partial charge >= 0.3 is 0 Å². The van der Waals surface area contributed by atoms with E-state index in [1.54, 1.807) is 19.1 Å². The summed E-state index contributed by atoms with van der Waals surface area (Å²) in [4.78, 5) is 0.137. The zero-order valence-corrected chi connectivity index (χ0v) is 11.3. The molecule has 0 bridgehead atoms. The van der Waals surface area contributed by atoms with E-state index in [9.17, 15) is 8.42 Å². The average molecular weight is 268 g/mol. The Labute approximate surface area is 107 Å². The molecule has 0 amide bonds. The van der Waals surface area contributed by atoms with Crippen molar-refractivity contribution in [1.29, 1.82) is 5.26 Å². The van der Waals surface area contributed by atoms with Crippen LogP contribution < -0.4 is 4.72 Å². The van der Waals surface area contributed by atoms with Crippen molar-refractivity contribution in [3.8, 4) is 6.07 Å². The fraction of sp³-hybridized carbons (Fsp3) is 0.417. The summed E-state index contributed by atoms with van der Waals surface area (Å²) in [6.07, 6.45) is 0. The van der Waals surface area contributed by atoms with Gasteiger partial charge in [0, 0.05) is 13.2 Å². The van der Waals surface area contributed by atoms with Gasteiger partial charge in [0.2, 0.25) is 10.0 Å². The minimum Gasteiger partial charge on any atom is -0.380 e. The third-order valence-corrected chi connectivity index (χ3v) is 3.95. The lowest BCUT2D eigenvalue weighted by atomic mass is 10.2. The molecule has 0 saturated carbocycles. The van der Waals surface area contributed by atoms with Gasteiger partial charge in [-0.3, -0.25) is 0 Å². The summed E-state index contributed by atoms with van der Waals surface area (Å²) in [5.41, 5.74) is 0.934. The molecular weight excluding hydrogens is 252 g/mol.